The lowest BCUT2D eigenvalue weighted by Gasteiger charge is -2.10. The van der Waals surface area contributed by atoms with Gasteiger partial charge in [-0.25, -0.2) is 9.97 Å². The maximum Gasteiger partial charge on any atom is 0.573 e. The van der Waals surface area contributed by atoms with Gasteiger partial charge in [0.05, 0.1) is 4.92 Å². The van der Waals surface area contributed by atoms with Gasteiger partial charge in [0.25, 0.3) is 0 Å². The molecule has 0 aliphatic rings. The average molecular weight is 329 g/mol. The minimum Gasteiger partial charge on any atom is -0.406 e. The zero-order valence-electron chi connectivity index (χ0n) is 11.6. The number of aromatic nitrogens is 2. The highest BCUT2D eigenvalue weighted by atomic mass is 19.4. The lowest BCUT2D eigenvalue weighted by Crippen LogP contribution is -2.17. The van der Waals surface area contributed by atoms with Gasteiger partial charge < -0.3 is 15.4 Å². The largest absolute Gasteiger partial charge is 0.573 e. The fraction of sp³-hybridized carbons (Fsp3) is 0.167. The normalized spacial score (nSPS) is 11.0. The summed E-state index contributed by atoms with van der Waals surface area (Å²) in [4.78, 5) is 17.9. The number of halogens is 3. The molecule has 0 unspecified atom stereocenters. The number of ether oxygens (including phenoxy) is 1. The van der Waals surface area contributed by atoms with Crippen molar-refractivity contribution in [3.63, 3.8) is 0 Å². The van der Waals surface area contributed by atoms with Gasteiger partial charge in [0.15, 0.2) is 0 Å². The van der Waals surface area contributed by atoms with Crippen molar-refractivity contribution in [2.24, 2.45) is 0 Å². The fourth-order valence-corrected chi connectivity index (χ4v) is 1.70. The molecule has 2 aromatic rings. The lowest BCUT2D eigenvalue weighted by molar-refractivity contribution is -0.383. The van der Waals surface area contributed by atoms with E-state index in [1.54, 1.807) is 0 Å². The van der Waals surface area contributed by atoms with E-state index in [1.165, 1.54) is 19.2 Å². The minimum absolute atomic E-state index is 0.00419. The van der Waals surface area contributed by atoms with Crippen LogP contribution in [0.2, 0.25) is 0 Å². The highest BCUT2D eigenvalue weighted by molar-refractivity contribution is 5.73. The molecule has 122 valence electrons. The molecule has 11 heteroatoms. The molecule has 2 N–H and O–H groups in total. The Hall–Kier alpha value is -3.11. The molecule has 1 heterocycles. The molecule has 0 radical (unpaired) electrons. The molecule has 0 bridgehead atoms. The van der Waals surface area contributed by atoms with E-state index in [2.05, 4.69) is 25.3 Å². The molecular weight excluding hydrogens is 319 g/mol. The van der Waals surface area contributed by atoms with E-state index in [0.29, 0.717) is 5.69 Å². The number of anilines is 3. The summed E-state index contributed by atoms with van der Waals surface area (Å²) in [5.74, 6) is -0.500. The zero-order valence-corrected chi connectivity index (χ0v) is 11.6. The van der Waals surface area contributed by atoms with E-state index in [1.807, 2.05) is 0 Å². The standard InChI is InChI=1S/C12H10F3N5O3/c1-16-10-9(20(21)22)11(18-6-17-10)19-7-2-4-8(5-3-7)23-12(13,14)15/h2-6H,1H3,(H2,16,17,18,19). The Morgan fingerprint density at radius 1 is 1.17 bits per heavy atom. The van der Waals surface area contributed by atoms with Gasteiger partial charge in [-0.2, -0.15) is 0 Å². The quantitative estimate of drug-likeness (QED) is 0.642. The number of hydrogen-bond donors (Lipinski definition) is 2. The smallest absolute Gasteiger partial charge is 0.406 e. The van der Waals surface area contributed by atoms with E-state index in [9.17, 15) is 23.3 Å². The number of rotatable bonds is 5. The molecule has 2 rings (SSSR count). The van der Waals surface area contributed by atoms with Gasteiger partial charge in [0.1, 0.15) is 12.1 Å². The monoisotopic (exact) mass is 329 g/mol. The Morgan fingerprint density at radius 2 is 1.78 bits per heavy atom. The molecule has 1 aromatic heterocycles. The van der Waals surface area contributed by atoms with Crippen molar-refractivity contribution >= 4 is 23.0 Å². The van der Waals surface area contributed by atoms with Crippen LogP contribution in [0, 0.1) is 10.1 Å². The maximum atomic E-state index is 12.1. The molecule has 0 saturated carbocycles. The predicted octanol–water partition coefficient (Wildman–Crippen LogP) is 3.07. The van der Waals surface area contributed by atoms with Crippen LogP contribution < -0.4 is 15.4 Å². The third-order valence-electron chi connectivity index (χ3n) is 2.59. The van der Waals surface area contributed by atoms with E-state index < -0.39 is 17.0 Å². The SMILES string of the molecule is CNc1ncnc(Nc2ccc(OC(F)(F)F)cc2)c1[N+](=O)[O-]. The van der Waals surface area contributed by atoms with Crippen LogP contribution in [0.3, 0.4) is 0 Å². The van der Waals surface area contributed by atoms with Crippen molar-refractivity contribution in [1.82, 2.24) is 9.97 Å². The molecule has 0 saturated heterocycles. The first-order valence-corrected chi connectivity index (χ1v) is 6.10. The first-order valence-electron chi connectivity index (χ1n) is 6.10. The molecule has 23 heavy (non-hydrogen) atoms. The van der Waals surface area contributed by atoms with Crippen molar-refractivity contribution < 1.29 is 22.8 Å². The Balaban J connectivity index is 2.24. The minimum atomic E-state index is -4.79. The van der Waals surface area contributed by atoms with Crippen molar-refractivity contribution in [2.75, 3.05) is 17.7 Å². The summed E-state index contributed by atoms with van der Waals surface area (Å²) >= 11 is 0. The Bertz CT molecular complexity index is 706. The van der Waals surface area contributed by atoms with Gasteiger partial charge in [-0.15, -0.1) is 13.2 Å². The van der Waals surface area contributed by atoms with Crippen LogP contribution in [-0.4, -0.2) is 28.3 Å². The third-order valence-corrected chi connectivity index (χ3v) is 2.59. The zero-order chi connectivity index (χ0) is 17.0. The lowest BCUT2D eigenvalue weighted by atomic mass is 10.3. The van der Waals surface area contributed by atoms with Crippen LogP contribution in [0.5, 0.6) is 5.75 Å². The fourth-order valence-electron chi connectivity index (χ4n) is 1.70. The van der Waals surface area contributed by atoms with Gasteiger partial charge in [-0.05, 0) is 24.3 Å². The highest BCUT2D eigenvalue weighted by Crippen LogP contribution is 2.31. The highest BCUT2D eigenvalue weighted by Gasteiger charge is 2.31. The molecule has 8 nitrogen and oxygen atoms in total. The second kappa shape index (κ2) is 6.34. The van der Waals surface area contributed by atoms with Crippen LogP contribution in [0.15, 0.2) is 30.6 Å². The molecule has 0 amide bonds. The van der Waals surface area contributed by atoms with Crippen molar-refractivity contribution in [1.29, 1.82) is 0 Å². The number of benzene rings is 1. The van der Waals surface area contributed by atoms with Gasteiger partial charge in [-0.1, -0.05) is 0 Å². The average Bonchev–Trinajstić information content (AvgIpc) is 2.47. The van der Waals surface area contributed by atoms with Crippen LogP contribution in [-0.2, 0) is 0 Å². The number of nitrogens with zero attached hydrogens (tertiary/aromatic N) is 3. The van der Waals surface area contributed by atoms with Crippen LogP contribution in [0.4, 0.5) is 36.2 Å². The summed E-state index contributed by atoms with van der Waals surface area (Å²) in [5.41, 5.74) is -0.0889. The maximum absolute atomic E-state index is 12.1. The summed E-state index contributed by atoms with van der Waals surface area (Å²) in [6.07, 6.45) is -3.68. The van der Waals surface area contributed by atoms with Crippen molar-refractivity contribution in [3.8, 4) is 5.75 Å². The number of nitrogens with one attached hydrogen (secondary N) is 2. The Kier molecular flexibility index (Phi) is 4.48. The van der Waals surface area contributed by atoms with E-state index in [4.69, 9.17) is 0 Å². The summed E-state index contributed by atoms with van der Waals surface area (Å²) in [6.45, 7) is 0. The molecule has 0 aliphatic carbocycles. The number of nitro groups is 1. The molecule has 0 fully saturated rings. The topological polar surface area (TPSA) is 102 Å². The van der Waals surface area contributed by atoms with Crippen LogP contribution in [0.1, 0.15) is 0 Å². The molecular formula is C12H10F3N5O3. The van der Waals surface area contributed by atoms with Gasteiger partial charge in [-0.3, -0.25) is 10.1 Å². The van der Waals surface area contributed by atoms with E-state index in [0.717, 1.165) is 18.5 Å². The van der Waals surface area contributed by atoms with E-state index in [-0.39, 0.29) is 17.3 Å². The number of hydrogen-bond acceptors (Lipinski definition) is 7. The van der Waals surface area contributed by atoms with Crippen LogP contribution >= 0.6 is 0 Å². The number of alkyl halides is 3. The predicted molar refractivity (Wildman–Crippen MR) is 74.6 cm³/mol. The first-order chi connectivity index (χ1) is 10.8. The Morgan fingerprint density at radius 3 is 2.30 bits per heavy atom. The van der Waals surface area contributed by atoms with Gasteiger partial charge in [0, 0.05) is 12.7 Å². The molecule has 0 aliphatic heterocycles. The van der Waals surface area contributed by atoms with E-state index >= 15 is 0 Å². The molecule has 1 aromatic carbocycles. The van der Waals surface area contributed by atoms with Crippen molar-refractivity contribution in [3.05, 3.63) is 40.7 Å². The third kappa shape index (κ3) is 4.18. The molecule has 0 spiro atoms. The summed E-state index contributed by atoms with van der Waals surface area (Å²) in [6, 6.07) is 4.68. The van der Waals surface area contributed by atoms with Gasteiger partial charge >= 0.3 is 12.0 Å². The Labute approximate surface area is 127 Å². The summed E-state index contributed by atoms with van der Waals surface area (Å²) in [7, 11) is 1.46. The summed E-state index contributed by atoms with van der Waals surface area (Å²) < 4.78 is 40.0. The molecule has 0 atom stereocenters. The second-order valence-corrected chi connectivity index (χ2v) is 4.12. The van der Waals surface area contributed by atoms with Crippen molar-refractivity contribution in [2.45, 2.75) is 6.36 Å². The van der Waals surface area contributed by atoms with Crippen LogP contribution in [0.25, 0.3) is 0 Å². The summed E-state index contributed by atoms with van der Waals surface area (Å²) in [5, 5.41) is 16.3. The first kappa shape index (κ1) is 16.3. The second-order valence-electron chi connectivity index (χ2n) is 4.12. The van der Waals surface area contributed by atoms with Gasteiger partial charge in [0.2, 0.25) is 11.6 Å².